The third kappa shape index (κ3) is 3.82. The molecule has 166 valence electrons. The van der Waals surface area contributed by atoms with Crippen LogP contribution in [0.5, 0.6) is 0 Å². The Morgan fingerprint density at radius 1 is 0.818 bits per heavy atom. The molecule has 0 radical (unpaired) electrons. The number of allylic oxidation sites excluding steroid dienone is 2. The monoisotopic (exact) mass is 434 g/mol. The van der Waals surface area contributed by atoms with E-state index in [1.807, 2.05) is 48.2 Å². The molecule has 0 atom stereocenters. The molecule has 3 heteroatoms. The maximum absolute atomic E-state index is 14.1. The molecule has 0 saturated heterocycles. The quantitative estimate of drug-likeness (QED) is 0.410. The Morgan fingerprint density at radius 2 is 1.52 bits per heavy atom. The second-order valence-corrected chi connectivity index (χ2v) is 9.36. The van der Waals surface area contributed by atoms with Crippen molar-refractivity contribution in [1.29, 1.82) is 0 Å². The lowest BCUT2D eigenvalue weighted by Crippen LogP contribution is -2.33. The Hall–Kier alpha value is -3.46. The topological polar surface area (TPSA) is 32.7 Å². The van der Waals surface area contributed by atoms with Crippen molar-refractivity contribution in [3.63, 3.8) is 0 Å². The minimum Gasteiger partial charge on any atom is -0.278 e. The highest BCUT2D eigenvalue weighted by Gasteiger charge is 2.33. The fourth-order valence-corrected chi connectivity index (χ4v) is 5.18. The van der Waals surface area contributed by atoms with Gasteiger partial charge >= 0.3 is 0 Å². The average Bonchev–Trinajstić information content (AvgIpc) is 2.93. The number of carbonyl (C=O) groups excluding carboxylic acids is 1. The van der Waals surface area contributed by atoms with Crippen molar-refractivity contribution in [3.05, 3.63) is 105 Å². The van der Waals surface area contributed by atoms with Crippen LogP contribution in [0.2, 0.25) is 0 Å². The Labute approximate surface area is 196 Å². The van der Waals surface area contributed by atoms with E-state index >= 15 is 0 Å². The van der Waals surface area contributed by atoms with Crippen molar-refractivity contribution in [2.45, 2.75) is 53.4 Å². The number of hydrogen-bond donors (Lipinski definition) is 0. The predicted octanol–water partition coefficient (Wildman–Crippen LogP) is 7.53. The van der Waals surface area contributed by atoms with E-state index < -0.39 is 0 Å². The summed E-state index contributed by atoms with van der Waals surface area (Å²) in [6, 6.07) is 20.7. The maximum atomic E-state index is 14.1. The van der Waals surface area contributed by atoms with Gasteiger partial charge in [-0.2, -0.15) is 0 Å². The fraction of sp³-hybridized carbons (Fsp3) is 0.267. The molecule has 3 aromatic rings. The molecule has 5 rings (SSSR count). The number of hydrogen-bond acceptors (Lipinski definition) is 2. The van der Waals surface area contributed by atoms with Gasteiger partial charge < -0.3 is 0 Å². The van der Waals surface area contributed by atoms with Gasteiger partial charge in [0.15, 0.2) is 0 Å². The van der Waals surface area contributed by atoms with Crippen LogP contribution in [0.3, 0.4) is 0 Å². The third-order valence-electron chi connectivity index (χ3n) is 6.80. The average molecular weight is 435 g/mol. The van der Waals surface area contributed by atoms with Crippen LogP contribution < -0.4 is 4.90 Å². The van der Waals surface area contributed by atoms with E-state index in [1.54, 1.807) is 0 Å². The first-order valence-electron chi connectivity index (χ1n) is 11.8. The zero-order chi connectivity index (χ0) is 23.1. The van der Waals surface area contributed by atoms with E-state index in [4.69, 9.17) is 4.99 Å². The molecule has 0 unspecified atom stereocenters. The first-order chi connectivity index (χ1) is 15.9. The standard InChI is InChI=1S/C30H30N2O/c1-19-13-15-23(21(3)17-19)29-25-9-5-7-11-27(25)32(28-12-8-6-10-26(28)31-29)30(33)24-16-14-20(2)18-22(24)4/h6,8,10,12-18H,5,7,9,11H2,1-4H3. The SMILES string of the molecule is Cc1ccc(C(=O)N2C3=C(CCCC3)C(c3ccc(C)cc3C)=Nc3ccccc32)c(C)c1. The van der Waals surface area contributed by atoms with E-state index in [0.717, 1.165) is 65.2 Å². The Balaban J connectivity index is 1.76. The molecule has 3 nitrogen and oxygen atoms in total. The molecule has 0 spiro atoms. The molecule has 0 bridgehead atoms. The summed E-state index contributed by atoms with van der Waals surface area (Å²) in [6.45, 7) is 8.37. The van der Waals surface area contributed by atoms with Crippen LogP contribution in [0.15, 0.2) is 76.9 Å². The lowest BCUT2D eigenvalue weighted by atomic mass is 9.87. The Bertz CT molecular complexity index is 1330. The number of fused-ring (bicyclic) bond motifs is 1. The van der Waals surface area contributed by atoms with Crippen LogP contribution in [-0.2, 0) is 0 Å². The number of rotatable bonds is 2. The van der Waals surface area contributed by atoms with Crippen molar-refractivity contribution in [2.75, 3.05) is 4.90 Å². The molecule has 0 saturated carbocycles. The predicted molar refractivity (Wildman–Crippen MR) is 137 cm³/mol. The van der Waals surface area contributed by atoms with Crippen molar-refractivity contribution >= 4 is 23.0 Å². The third-order valence-corrected chi connectivity index (χ3v) is 6.80. The van der Waals surface area contributed by atoms with Crippen LogP contribution >= 0.6 is 0 Å². The zero-order valence-corrected chi connectivity index (χ0v) is 19.9. The highest BCUT2D eigenvalue weighted by molar-refractivity contribution is 6.19. The summed E-state index contributed by atoms with van der Waals surface area (Å²) >= 11 is 0. The zero-order valence-electron chi connectivity index (χ0n) is 19.9. The van der Waals surface area contributed by atoms with Crippen molar-refractivity contribution in [3.8, 4) is 0 Å². The molecule has 0 aromatic heterocycles. The van der Waals surface area contributed by atoms with Gasteiger partial charge in [-0.3, -0.25) is 9.69 Å². The second-order valence-electron chi connectivity index (χ2n) is 9.36. The van der Waals surface area contributed by atoms with Gasteiger partial charge in [0.2, 0.25) is 0 Å². The van der Waals surface area contributed by atoms with Crippen LogP contribution in [0.25, 0.3) is 0 Å². The molecule has 1 aliphatic heterocycles. The minimum atomic E-state index is 0.0337. The number of benzene rings is 3. The molecule has 1 amide bonds. The summed E-state index contributed by atoms with van der Waals surface area (Å²) in [5, 5.41) is 0. The molecule has 0 fully saturated rings. The van der Waals surface area contributed by atoms with Crippen molar-refractivity contribution in [2.24, 2.45) is 4.99 Å². The molecule has 1 heterocycles. The molecule has 3 aromatic carbocycles. The summed E-state index contributed by atoms with van der Waals surface area (Å²) in [6.07, 6.45) is 4.01. The number of amides is 1. The lowest BCUT2D eigenvalue weighted by molar-refractivity contribution is 0.0993. The maximum Gasteiger partial charge on any atom is 0.262 e. The summed E-state index contributed by atoms with van der Waals surface area (Å²) < 4.78 is 0. The van der Waals surface area contributed by atoms with E-state index in [9.17, 15) is 4.79 Å². The highest BCUT2D eigenvalue weighted by atomic mass is 16.2. The Kier molecular flexibility index (Phi) is 5.49. The van der Waals surface area contributed by atoms with E-state index in [2.05, 4.69) is 45.0 Å². The van der Waals surface area contributed by atoms with Crippen molar-refractivity contribution in [1.82, 2.24) is 0 Å². The fourth-order valence-electron chi connectivity index (χ4n) is 5.18. The van der Waals surface area contributed by atoms with Gasteiger partial charge in [0.05, 0.1) is 17.1 Å². The lowest BCUT2D eigenvalue weighted by Gasteiger charge is -2.30. The van der Waals surface area contributed by atoms with Gasteiger partial charge in [-0.25, -0.2) is 4.99 Å². The molecule has 1 aliphatic carbocycles. The smallest absolute Gasteiger partial charge is 0.262 e. The minimum absolute atomic E-state index is 0.0337. The number of para-hydroxylation sites is 2. The summed E-state index contributed by atoms with van der Waals surface area (Å²) in [4.78, 5) is 21.3. The first-order valence-corrected chi connectivity index (χ1v) is 11.8. The molecule has 0 N–H and O–H groups in total. The number of aryl methyl sites for hydroxylation is 4. The van der Waals surface area contributed by atoms with Crippen LogP contribution in [0.4, 0.5) is 11.4 Å². The normalized spacial score (nSPS) is 15.5. The van der Waals surface area contributed by atoms with E-state index in [0.29, 0.717) is 0 Å². The van der Waals surface area contributed by atoms with Crippen LogP contribution in [0.1, 0.15) is 63.9 Å². The van der Waals surface area contributed by atoms with Gasteiger partial charge in [-0.15, -0.1) is 0 Å². The summed E-state index contributed by atoms with van der Waals surface area (Å²) in [7, 11) is 0. The van der Waals surface area contributed by atoms with Crippen molar-refractivity contribution < 1.29 is 4.79 Å². The molecular weight excluding hydrogens is 404 g/mol. The molecular formula is C30H30N2O. The molecule has 33 heavy (non-hydrogen) atoms. The summed E-state index contributed by atoms with van der Waals surface area (Å²) in [5.41, 5.74) is 11.6. The van der Waals surface area contributed by atoms with Crippen LogP contribution in [0, 0.1) is 27.7 Å². The Morgan fingerprint density at radius 3 is 2.27 bits per heavy atom. The number of aliphatic imine (C=N–C) groups is 1. The van der Waals surface area contributed by atoms with Gasteiger partial charge in [0.25, 0.3) is 5.91 Å². The van der Waals surface area contributed by atoms with Gasteiger partial charge in [0, 0.05) is 16.8 Å². The second kappa shape index (κ2) is 8.47. The van der Waals surface area contributed by atoms with Crippen LogP contribution in [-0.4, -0.2) is 11.6 Å². The number of nitrogens with zero attached hydrogens (tertiary/aromatic N) is 2. The van der Waals surface area contributed by atoms with Gasteiger partial charge in [0.1, 0.15) is 0 Å². The number of anilines is 1. The number of carbonyl (C=O) groups is 1. The molecule has 2 aliphatic rings. The summed E-state index contributed by atoms with van der Waals surface area (Å²) in [5.74, 6) is 0.0337. The van der Waals surface area contributed by atoms with Gasteiger partial charge in [-0.05, 0) is 88.3 Å². The van der Waals surface area contributed by atoms with Gasteiger partial charge in [-0.1, -0.05) is 53.6 Å². The highest BCUT2D eigenvalue weighted by Crippen LogP contribution is 2.42. The largest absolute Gasteiger partial charge is 0.278 e. The first kappa shape index (κ1) is 21.4. The van der Waals surface area contributed by atoms with E-state index in [1.165, 1.54) is 22.3 Å². The van der Waals surface area contributed by atoms with E-state index in [-0.39, 0.29) is 5.91 Å².